The summed E-state index contributed by atoms with van der Waals surface area (Å²) in [5.74, 6) is -0.691. The number of rotatable bonds is 5. The van der Waals surface area contributed by atoms with Crippen molar-refractivity contribution in [3.8, 4) is 0 Å². The first-order chi connectivity index (χ1) is 16.1. The molecule has 178 valence electrons. The number of hydrogen-bond donors (Lipinski definition) is 2. The maximum absolute atomic E-state index is 13.2. The molecular formula is C25H26ClN3O5. The van der Waals surface area contributed by atoms with E-state index in [1.807, 2.05) is 73.7 Å². The van der Waals surface area contributed by atoms with Gasteiger partial charge in [-0.2, -0.15) is 0 Å². The van der Waals surface area contributed by atoms with Crippen molar-refractivity contribution in [3.05, 3.63) is 108 Å². The maximum Gasteiger partial charge on any atom is 0.259 e. The van der Waals surface area contributed by atoms with Crippen molar-refractivity contribution in [2.24, 2.45) is 0 Å². The Kier molecular flexibility index (Phi) is 8.06. The summed E-state index contributed by atoms with van der Waals surface area (Å²) >= 11 is 0. The van der Waals surface area contributed by atoms with Crippen LogP contribution in [0, 0.1) is 10.2 Å². The number of amides is 1. The van der Waals surface area contributed by atoms with Crippen molar-refractivity contribution < 1.29 is 39.0 Å². The molecule has 0 aromatic heterocycles. The minimum Gasteiger partial charge on any atom is -0.302 e. The lowest BCUT2D eigenvalue weighted by molar-refractivity contribution is -2.00. The molecule has 9 heteroatoms. The van der Waals surface area contributed by atoms with Gasteiger partial charge in [0, 0.05) is 23.9 Å². The van der Waals surface area contributed by atoms with Gasteiger partial charge in [-0.25, -0.2) is 18.6 Å². The van der Waals surface area contributed by atoms with Gasteiger partial charge >= 0.3 is 0 Å². The molecule has 1 atom stereocenters. The second kappa shape index (κ2) is 10.8. The van der Waals surface area contributed by atoms with E-state index in [4.69, 9.17) is 18.6 Å². The molecule has 0 radical (unpaired) electrons. The van der Waals surface area contributed by atoms with Crippen LogP contribution in [-0.2, 0) is 11.3 Å². The number of allylic oxidation sites excluding steroid dienone is 1. The van der Waals surface area contributed by atoms with E-state index in [0.29, 0.717) is 5.57 Å². The maximum atomic E-state index is 13.2. The van der Waals surface area contributed by atoms with Crippen LogP contribution in [0.15, 0.2) is 96.7 Å². The normalized spacial score (nSPS) is 18.2. The smallest absolute Gasteiger partial charge is 0.259 e. The number of nitrogens with two attached hydrogens (primary N) is 1. The largest absolute Gasteiger partial charge is 0.302 e. The molecule has 3 N–H and O–H groups in total. The number of nitrogens with one attached hydrogen (secondary N) is 1. The number of benzene rings is 3. The van der Waals surface area contributed by atoms with Crippen LogP contribution in [0.3, 0.4) is 0 Å². The van der Waals surface area contributed by atoms with Crippen molar-refractivity contribution in [3.63, 3.8) is 0 Å². The molecule has 1 unspecified atom stereocenters. The lowest BCUT2D eigenvalue weighted by atomic mass is 9.98. The molecule has 0 spiro atoms. The summed E-state index contributed by atoms with van der Waals surface area (Å²) in [6.45, 7) is 4.85. The molecule has 0 aliphatic carbocycles. The van der Waals surface area contributed by atoms with Crippen LogP contribution >= 0.6 is 0 Å². The van der Waals surface area contributed by atoms with Crippen LogP contribution in [-0.4, -0.2) is 11.7 Å². The fourth-order valence-corrected chi connectivity index (χ4v) is 4.03. The lowest BCUT2D eigenvalue weighted by Crippen LogP contribution is -3.03. The van der Waals surface area contributed by atoms with E-state index in [1.165, 1.54) is 5.56 Å². The van der Waals surface area contributed by atoms with Crippen LogP contribution in [0.2, 0.25) is 0 Å². The Bertz CT molecular complexity index is 1120. The van der Waals surface area contributed by atoms with Gasteiger partial charge in [0.15, 0.2) is 0 Å². The van der Waals surface area contributed by atoms with E-state index < -0.39 is 16.0 Å². The Hall–Kier alpha value is -3.24. The summed E-state index contributed by atoms with van der Waals surface area (Å²) in [6.07, 6.45) is 0. The van der Waals surface area contributed by atoms with Crippen LogP contribution in [0.5, 0.6) is 0 Å². The summed E-state index contributed by atoms with van der Waals surface area (Å²) in [7, 11) is -4.94. The molecule has 8 nitrogen and oxygen atoms in total. The molecule has 3 aromatic rings. The van der Waals surface area contributed by atoms with Gasteiger partial charge < -0.3 is 5.32 Å². The topological polar surface area (TPSA) is 141 Å². The average molecular weight is 484 g/mol. The third-order valence-corrected chi connectivity index (χ3v) is 5.41. The van der Waals surface area contributed by atoms with Crippen LogP contribution in [0.4, 0.5) is 5.69 Å². The molecule has 0 fully saturated rings. The standard InChI is InChI=1S/C25H25N3O.ClHO4/c1-19-23(21-14-8-4-9-15-21)24(29)27-25(2,26-18-20-12-6-3-7-13-20)28(19)22-16-10-5-11-17-22;2-1(3,4)5/h3-17,26H,18H2,1-2H3,(H,27,29);(H,2,3,4,5). The molecule has 0 bridgehead atoms. The van der Waals surface area contributed by atoms with Crippen molar-refractivity contribution >= 4 is 17.2 Å². The second-order valence-corrected chi connectivity index (χ2v) is 8.63. The third-order valence-electron chi connectivity index (χ3n) is 5.41. The summed E-state index contributed by atoms with van der Waals surface area (Å²) in [5, 5.41) is 5.44. The SMILES string of the molecule is CC1=C(c2ccccc2)C(=O)NC(C)([NH2+]Cc2ccccc2)N1c1ccccc1.[O-][Cl+3]([O-])([O-])[O-]. The highest BCUT2D eigenvalue weighted by Crippen LogP contribution is 2.33. The van der Waals surface area contributed by atoms with E-state index >= 15 is 0 Å². The average Bonchev–Trinajstić information content (AvgIpc) is 2.78. The first kappa shape index (κ1) is 25.4. The summed E-state index contributed by atoms with van der Waals surface area (Å²) < 4.78 is 34.0. The molecular weight excluding hydrogens is 458 g/mol. The first-order valence-electron chi connectivity index (χ1n) is 10.5. The number of nitrogens with zero attached hydrogens (tertiary/aromatic N) is 1. The predicted octanol–water partition coefficient (Wildman–Crippen LogP) is -1.26. The Labute approximate surface area is 200 Å². The number of anilines is 1. The van der Waals surface area contributed by atoms with E-state index in [2.05, 4.69) is 46.7 Å². The first-order valence-corrected chi connectivity index (χ1v) is 11.8. The number of halogens is 1. The van der Waals surface area contributed by atoms with Gasteiger partial charge in [0.2, 0.25) is 0 Å². The molecule has 1 amide bonds. The van der Waals surface area contributed by atoms with E-state index in [1.54, 1.807) is 0 Å². The number of carbonyl (C=O) groups excluding carboxylic acids is 1. The van der Waals surface area contributed by atoms with Gasteiger partial charge in [-0.05, 0) is 24.6 Å². The Morgan fingerprint density at radius 3 is 1.85 bits per heavy atom. The van der Waals surface area contributed by atoms with Gasteiger partial charge in [-0.3, -0.25) is 15.0 Å². The lowest BCUT2D eigenvalue weighted by Gasteiger charge is -2.45. The number of carbonyl (C=O) groups is 1. The molecule has 4 rings (SSSR count). The second-order valence-electron chi connectivity index (χ2n) is 7.87. The van der Waals surface area contributed by atoms with Crippen molar-refractivity contribution in [2.45, 2.75) is 26.2 Å². The van der Waals surface area contributed by atoms with Gasteiger partial charge in [-0.1, -0.05) is 78.9 Å². The molecule has 3 aromatic carbocycles. The van der Waals surface area contributed by atoms with Crippen molar-refractivity contribution in [1.82, 2.24) is 5.32 Å². The summed E-state index contributed by atoms with van der Waals surface area (Å²) in [5.41, 5.74) is 4.84. The minimum atomic E-state index is -4.94. The van der Waals surface area contributed by atoms with Crippen LogP contribution < -0.4 is 34.2 Å². The van der Waals surface area contributed by atoms with Crippen LogP contribution in [0.1, 0.15) is 25.0 Å². The zero-order chi connectivity index (χ0) is 24.8. The van der Waals surface area contributed by atoms with E-state index in [-0.39, 0.29) is 5.91 Å². The molecule has 0 saturated heterocycles. The fourth-order valence-electron chi connectivity index (χ4n) is 4.03. The Morgan fingerprint density at radius 2 is 1.32 bits per heavy atom. The molecule has 34 heavy (non-hydrogen) atoms. The highest BCUT2D eigenvalue weighted by atomic mass is 35.7. The molecule has 0 saturated carbocycles. The van der Waals surface area contributed by atoms with E-state index in [9.17, 15) is 4.79 Å². The fraction of sp³-hybridized carbons (Fsp3) is 0.160. The third kappa shape index (κ3) is 6.64. The Balaban J connectivity index is 0.000000588. The highest BCUT2D eigenvalue weighted by Gasteiger charge is 2.44. The summed E-state index contributed by atoms with van der Waals surface area (Å²) in [6, 6.07) is 30.4. The van der Waals surface area contributed by atoms with Crippen LogP contribution in [0.25, 0.3) is 5.57 Å². The highest BCUT2D eigenvalue weighted by molar-refractivity contribution is 6.22. The zero-order valence-corrected chi connectivity index (χ0v) is 19.6. The van der Waals surface area contributed by atoms with Gasteiger partial charge in [0.1, 0.15) is 6.54 Å². The van der Waals surface area contributed by atoms with Gasteiger partial charge in [0.05, 0.1) is 5.57 Å². The quantitative estimate of drug-likeness (QED) is 0.463. The van der Waals surface area contributed by atoms with Gasteiger partial charge in [0.25, 0.3) is 11.7 Å². The summed E-state index contributed by atoms with van der Waals surface area (Å²) in [4.78, 5) is 15.4. The minimum absolute atomic E-state index is 0.0484. The monoisotopic (exact) mass is 483 g/mol. The number of hydrogen-bond acceptors (Lipinski definition) is 6. The molecule has 1 aliphatic heterocycles. The number of para-hydroxylation sites is 1. The molecule has 1 aliphatic rings. The predicted molar refractivity (Wildman–Crippen MR) is 117 cm³/mol. The zero-order valence-electron chi connectivity index (χ0n) is 18.8. The molecule has 1 heterocycles. The van der Waals surface area contributed by atoms with E-state index in [0.717, 1.165) is 23.5 Å². The number of quaternary nitrogens is 1. The van der Waals surface area contributed by atoms with Crippen molar-refractivity contribution in [1.29, 1.82) is 0 Å². The van der Waals surface area contributed by atoms with Crippen molar-refractivity contribution in [2.75, 3.05) is 4.90 Å². The van der Waals surface area contributed by atoms with Gasteiger partial charge in [-0.15, -0.1) is 10.2 Å². The Morgan fingerprint density at radius 1 is 0.853 bits per heavy atom.